The minimum Gasteiger partial charge on any atom is -0.314 e. The molecule has 0 spiro atoms. The van der Waals surface area contributed by atoms with Crippen molar-refractivity contribution in [1.29, 1.82) is 0 Å². The molecule has 0 atom stereocenters. The summed E-state index contributed by atoms with van der Waals surface area (Å²) in [6.45, 7) is 10.5. The highest BCUT2D eigenvalue weighted by molar-refractivity contribution is 5.73. The van der Waals surface area contributed by atoms with Crippen LogP contribution in [0, 0.1) is 0 Å². The Kier molecular flexibility index (Phi) is 5.30. The van der Waals surface area contributed by atoms with Crippen LogP contribution in [0.25, 0.3) is 11.0 Å². The summed E-state index contributed by atoms with van der Waals surface area (Å²) < 4.78 is 1.96. The highest BCUT2D eigenvalue weighted by Crippen LogP contribution is 2.08. The largest absolute Gasteiger partial charge is 0.314 e. The molecule has 19 heavy (non-hydrogen) atoms. The summed E-state index contributed by atoms with van der Waals surface area (Å²) in [5.74, 6) is 0. The van der Waals surface area contributed by atoms with E-state index in [1.54, 1.807) is 0 Å². The fourth-order valence-corrected chi connectivity index (χ4v) is 2.17. The molecule has 2 rings (SSSR count). The van der Waals surface area contributed by atoms with Gasteiger partial charge in [0, 0.05) is 19.6 Å². The second-order valence-corrected chi connectivity index (χ2v) is 4.58. The highest BCUT2D eigenvalue weighted by Gasteiger charge is 2.02. The molecule has 0 amide bonds. The van der Waals surface area contributed by atoms with Gasteiger partial charge in [0.1, 0.15) is 5.52 Å². The Labute approximate surface area is 114 Å². The molecule has 0 aliphatic rings. The lowest BCUT2D eigenvalue weighted by atomic mass is 10.3. The molecule has 1 heterocycles. The topological polar surface area (TPSA) is 46.0 Å². The van der Waals surface area contributed by atoms with Gasteiger partial charge in [-0.3, -0.25) is 0 Å². The Balaban J connectivity index is 1.74. The number of hydrogen-bond donors (Lipinski definition) is 1. The molecule has 0 saturated carbocycles. The minimum absolute atomic E-state index is 0.860. The van der Waals surface area contributed by atoms with Crippen molar-refractivity contribution >= 4 is 11.0 Å². The average Bonchev–Trinajstić information content (AvgIpc) is 2.86. The first-order valence-corrected chi connectivity index (χ1v) is 7.06. The zero-order chi connectivity index (χ0) is 13.5. The van der Waals surface area contributed by atoms with Gasteiger partial charge < -0.3 is 10.2 Å². The molecule has 0 saturated heterocycles. The van der Waals surface area contributed by atoms with Gasteiger partial charge in [-0.25, -0.2) is 4.68 Å². The SMILES string of the molecule is CCN(CC)CCNCCn1nnc2ccccc21. The molecule has 104 valence electrons. The molecule has 0 aliphatic heterocycles. The summed E-state index contributed by atoms with van der Waals surface area (Å²) in [6.07, 6.45) is 0. The van der Waals surface area contributed by atoms with E-state index in [1.807, 2.05) is 22.9 Å². The van der Waals surface area contributed by atoms with Crippen LogP contribution in [0.5, 0.6) is 0 Å². The lowest BCUT2D eigenvalue weighted by Gasteiger charge is -2.17. The third-order valence-electron chi connectivity index (χ3n) is 3.42. The van der Waals surface area contributed by atoms with Crippen molar-refractivity contribution in [3.05, 3.63) is 24.3 Å². The number of fused-ring (bicyclic) bond motifs is 1. The molecule has 5 nitrogen and oxygen atoms in total. The smallest absolute Gasteiger partial charge is 0.113 e. The number of benzene rings is 1. The molecule has 0 aliphatic carbocycles. The normalized spacial score (nSPS) is 11.5. The summed E-state index contributed by atoms with van der Waals surface area (Å²) in [4.78, 5) is 2.41. The van der Waals surface area contributed by atoms with E-state index in [4.69, 9.17) is 0 Å². The molecule has 0 radical (unpaired) electrons. The Morgan fingerprint density at radius 3 is 2.74 bits per heavy atom. The van der Waals surface area contributed by atoms with Crippen molar-refractivity contribution in [3.8, 4) is 0 Å². The van der Waals surface area contributed by atoms with Crippen LogP contribution in [0.2, 0.25) is 0 Å². The fourth-order valence-electron chi connectivity index (χ4n) is 2.17. The number of hydrogen-bond acceptors (Lipinski definition) is 4. The van der Waals surface area contributed by atoms with Crippen LogP contribution in [0.3, 0.4) is 0 Å². The van der Waals surface area contributed by atoms with E-state index >= 15 is 0 Å². The van der Waals surface area contributed by atoms with E-state index < -0.39 is 0 Å². The number of rotatable bonds is 8. The summed E-state index contributed by atoms with van der Waals surface area (Å²) in [5.41, 5.74) is 2.07. The molecule has 1 aromatic carbocycles. The Bertz CT molecular complexity index is 489. The van der Waals surface area contributed by atoms with Crippen LogP contribution in [-0.4, -0.2) is 52.6 Å². The fraction of sp³-hybridized carbons (Fsp3) is 0.571. The number of para-hydroxylation sites is 1. The van der Waals surface area contributed by atoms with Crippen LogP contribution in [0.15, 0.2) is 24.3 Å². The maximum Gasteiger partial charge on any atom is 0.113 e. The third-order valence-corrected chi connectivity index (χ3v) is 3.42. The zero-order valence-corrected chi connectivity index (χ0v) is 11.8. The van der Waals surface area contributed by atoms with Crippen molar-refractivity contribution < 1.29 is 0 Å². The van der Waals surface area contributed by atoms with Gasteiger partial charge in [0.2, 0.25) is 0 Å². The van der Waals surface area contributed by atoms with Gasteiger partial charge in [-0.1, -0.05) is 31.2 Å². The average molecular weight is 261 g/mol. The molecule has 1 aromatic heterocycles. The van der Waals surface area contributed by atoms with Crippen molar-refractivity contribution in [2.75, 3.05) is 32.7 Å². The van der Waals surface area contributed by atoms with Crippen molar-refractivity contribution in [2.45, 2.75) is 20.4 Å². The standard InChI is InChI=1S/C14H23N5/c1-3-18(4-2)11-9-15-10-12-19-14-8-6-5-7-13(14)16-17-19/h5-8,15H,3-4,9-12H2,1-2H3. The van der Waals surface area contributed by atoms with Crippen LogP contribution < -0.4 is 5.32 Å². The molecule has 0 bridgehead atoms. The molecule has 0 fully saturated rings. The minimum atomic E-state index is 0.860. The Morgan fingerprint density at radius 2 is 1.95 bits per heavy atom. The molecular formula is C14H23N5. The van der Waals surface area contributed by atoms with Gasteiger partial charge in [0.15, 0.2) is 0 Å². The van der Waals surface area contributed by atoms with E-state index in [2.05, 4.69) is 40.4 Å². The van der Waals surface area contributed by atoms with E-state index in [0.29, 0.717) is 0 Å². The first-order chi connectivity index (χ1) is 9.35. The molecule has 1 N–H and O–H groups in total. The van der Waals surface area contributed by atoms with Crippen LogP contribution >= 0.6 is 0 Å². The number of aromatic nitrogens is 3. The second-order valence-electron chi connectivity index (χ2n) is 4.58. The maximum atomic E-state index is 4.18. The zero-order valence-electron chi connectivity index (χ0n) is 11.8. The highest BCUT2D eigenvalue weighted by atomic mass is 15.4. The van der Waals surface area contributed by atoms with Gasteiger partial charge in [-0.15, -0.1) is 5.10 Å². The van der Waals surface area contributed by atoms with Gasteiger partial charge in [0.25, 0.3) is 0 Å². The van der Waals surface area contributed by atoms with E-state index in [0.717, 1.165) is 50.3 Å². The molecule has 0 unspecified atom stereocenters. The molecule has 5 heteroatoms. The first-order valence-electron chi connectivity index (χ1n) is 7.06. The van der Waals surface area contributed by atoms with Crippen molar-refractivity contribution in [2.24, 2.45) is 0 Å². The van der Waals surface area contributed by atoms with Gasteiger partial charge in [-0.05, 0) is 25.2 Å². The Hall–Kier alpha value is -1.46. The van der Waals surface area contributed by atoms with E-state index in [9.17, 15) is 0 Å². The predicted octanol–water partition coefficient (Wildman–Crippen LogP) is 1.36. The Morgan fingerprint density at radius 1 is 1.16 bits per heavy atom. The van der Waals surface area contributed by atoms with Gasteiger partial charge >= 0.3 is 0 Å². The maximum absolute atomic E-state index is 4.18. The van der Waals surface area contributed by atoms with Crippen molar-refractivity contribution in [1.82, 2.24) is 25.2 Å². The summed E-state index contributed by atoms with van der Waals surface area (Å²) in [7, 11) is 0. The van der Waals surface area contributed by atoms with E-state index in [-0.39, 0.29) is 0 Å². The van der Waals surface area contributed by atoms with Crippen LogP contribution in [-0.2, 0) is 6.54 Å². The monoisotopic (exact) mass is 261 g/mol. The molecule has 2 aromatic rings. The quantitative estimate of drug-likeness (QED) is 0.729. The van der Waals surface area contributed by atoms with Gasteiger partial charge in [0.05, 0.1) is 12.1 Å². The van der Waals surface area contributed by atoms with E-state index in [1.165, 1.54) is 0 Å². The first kappa shape index (κ1) is 14.0. The lowest BCUT2D eigenvalue weighted by Crippen LogP contribution is -2.33. The van der Waals surface area contributed by atoms with Crippen LogP contribution in [0.1, 0.15) is 13.8 Å². The van der Waals surface area contributed by atoms with Gasteiger partial charge in [-0.2, -0.15) is 0 Å². The summed E-state index contributed by atoms with van der Waals surface area (Å²) in [5, 5.41) is 11.8. The summed E-state index contributed by atoms with van der Waals surface area (Å²) >= 11 is 0. The number of likely N-dealkylation sites (N-methyl/N-ethyl adjacent to an activating group) is 1. The van der Waals surface area contributed by atoms with Crippen molar-refractivity contribution in [3.63, 3.8) is 0 Å². The van der Waals surface area contributed by atoms with Crippen LogP contribution in [0.4, 0.5) is 0 Å². The number of nitrogens with zero attached hydrogens (tertiary/aromatic N) is 4. The molecular weight excluding hydrogens is 238 g/mol. The third kappa shape index (κ3) is 3.75. The predicted molar refractivity (Wildman–Crippen MR) is 78.2 cm³/mol. The summed E-state index contributed by atoms with van der Waals surface area (Å²) in [6, 6.07) is 8.07. The second kappa shape index (κ2) is 7.21. The number of nitrogens with one attached hydrogen (secondary N) is 1. The lowest BCUT2D eigenvalue weighted by molar-refractivity contribution is 0.301.